The maximum atomic E-state index is 11.6. The Morgan fingerprint density at radius 2 is 2.00 bits per heavy atom. The van der Waals surface area contributed by atoms with Gasteiger partial charge < -0.3 is 15.4 Å². The van der Waals surface area contributed by atoms with Crippen molar-refractivity contribution in [1.82, 2.24) is 15.5 Å². The molecule has 1 saturated heterocycles. The van der Waals surface area contributed by atoms with E-state index in [4.69, 9.17) is 4.74 Å². The van der Waals surface area contributed by atoms with Crippen LogP contribution in [-0.2, 0) is 16.0 Å². The minimum atomic E-state index is -0.0294. The van der Waals surface area contributed by atoms with E-state index in [1.54, 1.807) is 0 Å². The van der Waals surface area contributed by atoms with Crippen molar-refractivity contribution in [3.8, 4) is 0 Å². The fourth-order valence-electron chi connectivity index (χ4n) is 2.34. The Labute approximate surface area is 126 Å². The summed E-state index contributed by atoms with van der Waals surface area (Å²) in [7, 11) is 0. The molecule has 2 rings (SSSR count). The molecule has 116 valence electrons. The molecule has 0 radical (unpaired) electrons. The summed E-state index contributed by atoms with van der Waals surface area (Å²) in [5, 5.41) is 6.22. The van der Waals surface area contributed by atoms with Crippen molar-refractivity contribution in [2.75, 3.05) is 52.5 Å². The summed E-state index contributed by atoms with van der Waals surface area (Å²) in [6.07, 6.45) is 0.842. The maximum Gasteiger partial charge on any atom is 0.246 e. The number of hydrogen-bond acceptors (Lipinski definition) is 4. The average Bonchev–Trinajstić information content (AvgIpc) is 2.54. The zero-order chi connectivity index (χ0) is 14.8. The van der Waals surface area contributed by atoms with Crippen LogP contribution in [0, 0.1) is 0 Å². The standard InChI is InChI=1S/C16H25N3O2/c20-16(18-9-12-19-10-7-17-8-11-19)14-21-13-6-15-4-2-1-3-5-15/h1-5,17H,6-14H2,(H,18,20). The van der Waals surface area contributed by atoms with E-state index >= 15 is 0 Å². The third-order valence-electron chi connectivity index (χ3n) is 3.57. The monoisotopic (exact) mass is 291 g/mol. The quantitative estimate of drug-likeness (QED) is 0.675. The van der Waals surface area contributed by atoms with E-state index in [1.807, 2.05) is 18.2 Å². The number of nitrogens with one attached hydrogen (secondary N) is 2. The van der Waals surface area contributed by atoms with Gasteiger partial charge in [0.05, 0.1) is 6.61 Å². The number of ether oxygens (including phenoxy) is 1. The number of nitrogens with zero attached hydrogens (tertiary/aromatic N) is 1. The molecular formula is C16H25N3O2. The molecule has 5 heteroatoms. The molecule has 21 heavy (non-hydrogen) atoms. The van der Waals surface area contributed by atoms with Crippen molar-refractivity contribution in [2.45, 2.75) is 6.42 Å². The lowest BCUT2D eigenvalue weighted by molar-refractivity contribution is -0.125. The van der Waals surface area contributed by atoms with Gasteiger partial charge in [-0.15, -0.1) is 0 Å². The van der Waals surface area contributed by atoms with Crippen molar-refractivity contribution < 1.29 is 9.53 Å². The molecule has 1 aromatic carbocycles. The number of hydrogen-bond donors (Lipinski definition) is 2. The summed E-state index contributed by atoms with van der Waals surface area (Å²) in [5.74, 6) is -0.0294. The molecule has 0 spiro atoms. The predicted octanol–water partition coefficient (Wildman–Crippen LogP) is 0.267. The summed E-state index contributed by atoms with van der Waals surface area (Å²) >= 11 is 0. The fraction of sp³-hybridized carbons (Fsp3) is 0.562. The minimum absolute atomic E-state index is 0.0294. The van der Waals surface area contributed by atoms with Gasteiger partial charge in [-0.1, -0.05) is 30.3 Å². The maximum absolute atomic E-state index is 11.6. The number of rotatable bonds is 8. The van der Waals surface area contributed by atoms with Gasteiger partial charge in [-0.05, 0) is 12.0 Å². The number of piperazine rings is 1. The van der Waals surface area contributed by atoms with Crippen molar-refractivity contribution in [1.29, 1.82) is 0 Å². The van der Waals surface area contributed by atoms with Crippen LogP contribution in [0.2, 0.25) is 0 Å². The molecule has 0 unspecified atom stereocenters. The molecule has 0 saturated carbocycles. The third kappa shape index (κ3) is 6.71. The molecule has 1 aromatic rings. The van der Waals surface area contributed by atoms with Crippen LogP contribution >= 0.6 is 0 Å². The van der Waals surface area contributed by atoms with E-state index in [9.17, 15) is 4.79 Å². The van der Waals surface area contributed by atoms with Crippen molar-refractivity contribution >= 4 is 5.91 Å². The summed E-state index contributed by atoms with van der Waals surface area (Å²) in [6.45, 7) is 6.53. The first-order valence-corrected chi connectivity index (χ1v) is 7.66. The van der Waals surface area contributed by atoms with Gasteiger partial charge in [0.2, 0.25) is 5.91 Å². The highest BCUT2D eigenvalue weighted by atomic mass is 16.5. The average molecular weight is 291 g/mol. The zero-order valence-electron chi connectivity index (χ0n) is 12.5. The van der Waals surface area contributed by atoms with E-state index in [0.29, 0.717) is 13.2 Å². The minimum Gasteiger partial charge on any atom is -0.371 e. The Hall–Kier alpha value is -1.43. The SMILES string of the molecule is O=C(COCCc1ccccc1)NCCN1CCNCC1. The molecule has 1 fully saturated rings. The first-order valence-electron chi connectivity index (χ1n) is 7.66. The topological polar surface area (TPSA) is 53.6 Å². The molecular weight excluding hydrogens is 266 g/mol. The van der Waals surface area contributed by atoms with Gasteiger partial charge in [-0.2, -0.15) is 0 Å². The summed E-state index contributed by atoms with van der Waals surface area (Å²) in [5.41, 5.74) is 1.23. The predicted molar refractivity (Wildman–Crippen MR) is 83.3 cm³/mol. The largest absolute Gasteiger partial charge is 0.371 e. The number of carbonyl (C=O) groups is 1. The van der Waals surface area contributed by atoms with Crippen LogP contribution in [0.5, 0.6) is 0 Å². The van der Waals surface area contributed by atoms with Gasteiger partial charge in [0.25, 0.3) is 0 Å². The van der Waals surface area contributed by atoms with E-state index in [2.05, 4.69) is 27.7 Å². The summed E-state index contributed by atoms with van der Waals surface area (Å²) in [6, 6.07) is 10.2. The van der Waals surface area contributed by atoms with Crippen LogP contribution in [0.15, 0.2) is 30.3 Å². The highest BCUT2D eigenvalue weighted by Crippen LogP contribution is 1.99. The molecule has 0 atom stereocenters. The van der Waals surface area contributed by atoms with Gasteiger partial charge >= 0.3 is 0 Å². The second-order valence-electron chi connectivity index (χ2n) is 5.23. The molecule has 0 bridgehead atoms. The second-order valence-corrected chi connectivity index (χ2v) is 5.23. The first-order chi connectivity index (χ1) is 10.3. The van der Waals surface area contributed by atoms with E-state index in [1.165, 1.54) is 5.56 Å². The van der Waals surface area contributed by atoms with Crippen molar-refractivity contribution in [3.63, 3.8) is 0 Å². The Morgan fingerprint density at radius 3 is 2.76 bits per heavy atom. The van der Waals surface area contributed by atoms with Crippen molar-refractivity contribution in [2.24, 2.45) is 0 Å². The van der Waals surface area contributed by atoms with Crippen LogP contribution < -0.4 is 10.6 Å². The first kappa shape index (κ1) is 15.9. The Balaban J connectivity index is 1.47. The van der Waals surface area contributed by atoms with E-state index < -0.39 is 0 Å². The normalized spacial score (nSPS) is 15.8. The molecule has 1 aliphatic heterocycles. The number of benzene rings is 1. The lowest BCUT2D eigenvalue weighted by Crippen LogP contribution is -2.46. The third-order valence-corrected chi connectivity index (χ3v) is 3.57. The fourth-order valence-corrected chi connectivity index (χ4v) is 2.34. The lowest BCUT2D eigenvalue weighted by Gasteiger charge is -2.27. The van der Waals surface area contributed by atoms with Crippen LogP contribution in [0.25, 0.3) is 0 Å². The van der Waals surface area contributed by atoms with Gasteiger partial charge in [0.1, 0.15) is 6.61 Å². The van der Waals surface area contributed by atoms with Crippen LogP contribution in [0.1, 0.15) is 5.56 Å². The number of amides is 1. The van der Waals surface area contributed by atoms with Crippen LogP contribution in [0.4, 0.5) is 0 Å². The van der Waals surface area contributed by atoms with E-state index in [-0.39, 0.29) is 12.5 Å². The Bertz CT molecular complexity index is 405. The van der Waals surface area contributed by atoms with Crippen LogP contribution in [0.3, 0.4) is 0 Å². The Morgan fingerprint density at radius 1 is 1.24 bits per heavy atom. The second kappa shape index (κ2) is 9.50. The molecule has 5 nitrogen and oxygen atoms in total. The highest BCUT2D eigenvalue weighted by molar-refractivity contribution is 5.77. The zero-order valence-corrected chi connectivity index (χ0v) is 12.5. The summed E-state index contributed by atoms with van der Waals surface area (Å²) in [4.78, 5) is 14.0. The summed E-state index contributed by atoms with van der Waals surface area (Å²) < 4.78 is 5.41. The van der Waals surface area contributed by atoms with Gasteiger partial charge in [-0.25, -0.2) is 0 Å². The van der Waals surface area contributed by atoms with E-state index in [0.717, 1.165) is 39.1 Å². The van der Waals surface area contributed by atoms with Crippen molar-refractivity contribution in [3.05, 3.63) is 35.9 Å². The Kier molecular flexibility index (Phi) is 7.21. The molecule has 1 aliphatic rings. The lowest BCUT2D eigenvalue weighted by atomic mass is 10.2. The molecule has 1 amide bonds. The van der Waals surface area contributed by atoms with Crippen LogP contribution in [-0.4, -0.2) is 63.3 Å². The number of carbonyl (C=O) groups excluding carboxylic acids is 1. The smallest absolute Gasteiger partial charge is 0.246 e. The molecule has 0 aliphatic carbocycles. The molecule has 1 heterocycles. The molecule has 2 N–H and O–H groups in total. The molecule has 0 aromatic heterocycles. The van der Waals surface area contributed by atoms with Gasteiger partial charge in [0.15, 0.2) is 0 Å². The van der Waals surface area contributed by atoms with Gasteiger partial charge in [-0.3, -0.25) is 9.69 Å². The van der Waals surface area contributed by atoms with Gasteiger partial charge in [0, 0.05) is 39.3 Å². The highest BCUT2D eigenvalue weighted by Gasteiger charge is 2.09.